The molecule has 19 heavy (non-hydrogen) atoms. The zero-order valence-electron chi connectivity index (χ0n) is 10.4. The Bertz CT molecular complexity index is 553. The van der Waals surface area contributed by atoms with Crippen molar-refractivity contribution in [1.29, 1.82) is 0 Å². The first kappa shape index (κ1) is 14.2. The molecule has 0 saturated carbocycles. The van der Waals surface area contributed by atoms with Crippen LogP contribution in [0.3, 0.4) is 0 Å². The highest BCUT2D eigenvalue weighted by atomic mass is 35.5. The Hall–Kier alpha value is -1.22. The summed E-state index contributed by atoms with van der Waals surface area (Å²) < 4.78 is 5.36. The van der Waals surface area contributed by atoms with Crippen molar-refractivity contribution in [1.82, 2.24) is 0 Å². The van der Waals surface area contributed by atoms with Crippen LogP contribution >= 0.6 is 23.2 Å². The highest BCUT2D eigenvalue weighted by molar-refractivity contribution is 6.35. The lowest BCUT2D eigenvalue weighted by Crippen LogP contribution is -2.00. The van der Waals surface area contributed by atoms with Gasteiger partial charge in [-0.25, -0.2) is 0 Å². The summed E-state index contributed by atoms with van der Waals surface area (Å²) in [6.45, 7) is 2.54. The van der Waals surface area contributed by atoms with E-state index in [1.54, 1.807) is 18.2 Å². The highest BCUT2D eigenvalue weighted by Crippen LogP contribution is 2.31. The number of ether oxygens (including phenoxy) is 1. The van der Waals surface area contributed by atoms with Gasteiger partial charge in [-0.3, -0.25) is 0 Å². The van der Waals surface area contributed by atoms with Crippen molar-refractivity contribution >= 4 is 23.2 Å². The van der Waals surface area contributed by atoms with Gasteiger partial charge in [0, 0.05) is 15.6 Å². The quantitative estimate of drug-likeness (QED) is 0.902. The molecular formula is C15H14Cl2O2. The molecule has 0 amide bonds. The number of rotatable bonds is 4. The molecule has 0 radical (unpaired) electrons. The van der Waals surface area contributed by atoms with Crippen molar-refractivity contribution in [3.8, 4) is 5.75 Å². The van der Waals surface area contributed by atoms with Crippen LogP contribution in [0.4, 0.5) is 0 Å². The maximum atomic E-state index is 10.3. The minimum Gasteiger partial charge on any atom is -0.494 e. The fourth-order valence-electron chi connectivity index (χ4n) is 1.82. The molecule has 2 aromatic rings. The minimum atomic E-state index is -0.777. The van der Waals surface area contributed by atoms with Crippen LogP contribution in [-0.2, 0) is 0 Å². The van der Waals surface area contributed by atoms with Gasteiger partial charge < -0.3 is 9.84 Å². The molecule has 100 valence electrons. The van der Waals surface area contributed by atoms with E-state index in [9.17, 15) is 5.11 Å². The van der Waals surface area contributed by atoms with Crippen molar-refractivity contribution in [3.63, 3.8) is 0 Å². The van der Waals surface area contributed by atoms with E-state index < -0.39 is 6.10 Å². The van der Waals surface area contributed by atoms with Gasteiger partial charge in [0.15, 0.2) is 0 Å². The molecule has 0 bridgehead atoms. The van der Waals surface area contributed by atoms with Crippen molar-refractivity contribution in [2.24, 2.45) is 0 Å². The molecule has 0 spiro atoms. The van der Waals surface area contributed by atoms with Crippen LogP contribution in [0.15, 0.2) is 42.5 Å². The molecule has 0 aliphatic heterocycles. The van der Waals surface area contributed by atoms with E-state index in [1.165, 1.54) is 0 Å². The Morgan fingerprint density at radius 2 is 1.79 bits per heavy atom. The summed E-state index contributed by atoms with van der Waals surface area (Å²) in [5, 5.41) is 11.3. The molecule has 2 aromatic carbocycles. The molecular weight excluding hydrogens is 283 g/mol. The molecule has 0 aliphatic carbocycles. The zero-order chi connectivity index (χ0) is 13.8. The molecule has 0 heterocycles. The number of aliphatic hydroxyl groups excluding tert-OH is 1. The van der Waals surface area contributed by atoms with E-state index >= 15 is 0 Å². The molecule has 0 aromatic heterocycles. The molecule has 0 aliphatic rings. The predicted molar refractivity (Wildman–Crippen MR) is 78.1 cm³/mol. The van der Waals surface area contributed by atoms with Crippen LogP contribution < -0.4 is 4.74 Å². The Labute approximate surface area is 122 Å². The SMILES string of the molecule is CCOc1ccc([C@H](O)c2ccc(Cl)cc2Cl)cc1. The third-order valence-electron chi connectivity index (χ3n) is 2.76. The van der Waals surface area contributed by atoms with E-state index in [2.05, 4.69) is 0 Å². The monoisotopic (exact) mass is 296 g/mol. The maximum Gasteiger partial charge on any atom is 0.119 e. The standard InChI is InChI=1S/C15H14Cl2O2/c1-2-19-12-6-3-10(4-7-12)15(18)13-8-5-11(16)9-14(13)17/h3-9,15,18H,2H2,1H3/t15-/m0/s1. The van der Waals surface area contributed by atoms with Crippen LogP contribution in [0.1, 0.15) is 24.2 Å². The summed E-state index contributed by atoms with van der Waals surface area (Å²) in [5.41, 5.74) is 1.39. The van der Waals surface area contributed by atoms with Gasteiger partial charge in [-0.05, 0) is 36.8 Å². The van der Waals surface area contributed by atoms with E-state index in [4.69, 9.17) is 27.9 Å². The lowest BCUT2D eigenvalue weighted by Gasteiger charge is -2.14. The van der Waals surface area contributed by atoms with E-state index in [-0.39, 0.29) is 0 Å². The minimum absolute atomic E-state index is 0.453. The summed E-state index contributed by atoms with van der Waals surface area (Å²) in [7, 11) is 0. The van der Waals surface area contributed by atoms with E-state index in [1.807, 2.05) is 31.2 Å². The topological polar surface area (TPSA) is 29.5 Å². The molecule has 1 atom stereocenters. The summed E-state index contributed by atoms with van der Waals surface area (Å²) in [4.78, 5) is 0. The van der Waals surface area contributed by atoms with Crippen LogP contribution in [0, 0.1) is 0 Å². The third-order valence-corrected chi connectivity index (χ3v) is 3.33. The lowest BCUT2D eigenvalue weighted by atomic mass is 10.0. The number of hydrogen-bond donors (Lipinski definition) is 1. The molecule has 2 nitrogen and oxygen atoms in total. The molecule has 0 unspecified atom stereocenters. The Kier molecular flexibility index (Phi) is 4.70. The van der Waals surface area contributed by atoms with Crippen molar-refractivity contribution in [3.05, 3.63) is 63.6 Å². The predicted octanol–water partition coefficient (Wildman–Crippen LogP) is 4.47. The second kappa shape index (κ2) is 6.29. The molecule has 1 N–H and O–H groups in total. The number of halogens is 2. The fourth-order valence-corrected chi connectivity index (χ4v) is 2.33. The van der Waals surface area contributed by atoms with Gasteiger partial charge >= 0.3 is 0 Å². The van der Waals surface area contributed by atoms with Crippen molar-refractivity contribution in [2.45, 2.75) is 13.0 Å². The number of benzene rings is 2. The Balaban J connectivity index is 2.25. The Morgan fingerprint density at radius 3 is 2.37 bits per heavy atom. The van der Waals surface area contributed by atoms with Gasteiger partial charge in [0.05, 0.1) is 6.61 Å². The van der Waals surface area contributed by atoms with E-state index in [0.29, 0.717) is 22.2 Å². The number of hydrogen-bond acceptors (Lipinski definition) is 2. The molecule has 2 rings (SSSR count). The van der Waals surface area contributed by atoms with Gasteiger partial charge in [-0.2, -0.15) is 0 Å². The first-order valence-electron chi connectivity index (χ1n) is 5.97. The zero-order valence-corrected chi connectivity index (χ0v) is 11.9. The van der Waals surface area contributed by atoms with Gasteiger partial charge in [0.25, 0.3) is 0 Å². The normalized spacial score (nSPS) is 12.2. The summed E-state index contributed by atoms with van der Waals surface area (Å²) in [6, 6.07) is 12.3. The summed E-state index contributed by atoms with van der Waals surface area (Å²) >= 11 is 11.9. The first-order chi connectivity index (χ1) is 9.11. The lowest BCUT2D eigenvalue weighted by molar-refractivity contribution is 0.220. The third kappa shape index (κ3) is 3.41. The second-order valence-corrected chi connectivity index (χ2v) is 4.91. The Morgan fingerprint density at radius 1 is 1.11 bits per heavy atom. The van der Waals surface area contributed by atoms with Crippen molar-refractivity contribution in [2.75, 3.05) is 6.61 Å². The molecule has 4 heteroatoms. The highest BCUT2D eigenvalue weighted by Gasteiger charge is 2.14. The average Bonchev–Trinajstić information content (AvgIpc) is 2.39. The fraction of sp³-hybridized carbons (Fsp3) is 0.200. The van der Waals surface area contributed by atoms with E-state index in [0.717, 1.165) is 11.3 Å². The maximum absolute atomic E-state index is 10.3. The molecule has 0 saturated heterocycles. The van der Waals surface area contributed by atoms with Gasteiger partial charge in [-0.15, -0.1) is 0 Å². The van der Waals surface area contributed by atoms with Crippen LogP contribution in [0.2, 0.25) is 10.0 Å². The summed E-state index contributed by atoms with van der Waals surface area (Å²) in [6.07, 6.45) is -0.777. The van der Waals surface area contributed by atoms with Gasteiger partial charge in [0.2, 0.25) is 0 Å². The van der Waals surface area contributed by atoms with Crippen LogP contribution in [0.5, 0.6) is 5.75 Å². The smallest absolute Gasteiger partial charge is 0.119 e. The average molecular weight is 297 g/mol. The summed E-state index contributed by atoms with van der Waals surface area (Å²) in [5.74, 6) is 0.778. The largest absolute Gasteiger partial charge is 0.494 e. The molecule has 0 fully saturated rings. The van der Waals surface area contributed by atoms with Crippen molar-refractivity contribution < 1.29 is 9.84 Å². The van der Waals surface area contributed by atoms with Crippen LogP contribution in [0.25, 0.3) is 0 Å². The first-order valence-corrected chi connectivity index (χ1v) is 6.73. The number of aliphatic hydroxyl groups is 1. The van der Waals surface area contributed by atoms with Crippen LogP contribution in [-0.4, -0.2) is 11.7 Å². The second-order valence-electron chi connectivity index (χ2n) is 4.07. The van der Waals surface area contributed by atoms with Gasteiger partial charge in [-0.1, -0.05) is 41.4 Å². The van der Waals surface area contributed by atoms with Gasteiger partial charge in [0.1, 0.15) is 11.9 Å².